The van der Waals surface area contributed by atoms with E-state index in [0.29, 0.717) is 5.41 Å². The fraction of sp³-hybridized carbons (Fsp3) is 0.529. The van der Waals surface area contributed by atoms with E-state index in [1.807, 2.05) is 0 Å². The van der Waals surface area contributed by atoms with Crippen LogP contribution in [-0.2, 0) is 5.41 Å². The van der Waals surface area contributed by atoms with Crippen molar-refractivity contribution in [3.63, 3.8) is 0 Å². The van der Waals surface area contributed by atoms with Gasteiger partial charge in [0, 0.05) is 10.8 Å². The van der Waals surface area contributed by atoms with E-state index in [2.05, 4.69) is 50.3 Å². The van der Waals surface area contributed by atoms with Crippen molar-refractivity contribution in [2.75, 3.05) is 0 Å². The molecule has 4 rings (SSSR count). The van der Waals surface area contributed by atoms with E-state index in [9.17, 15) is 5.11 Å². The zero-order chi connectivity index (χ0) is 12.6. The van der Waals surface area contributed by atoms with Gasteiger partial charge in [-0.05, 0) is 35.8 Å². The molecule has 0 heterocycles. The van der Waals surface area contributed by atoms with Gasteiger partial charge in [-0.1, -0.05) is 50.3 Å². The van der Waals surface area contributed by atoms with Gasteiger partial charge in [0.05, 0.1) is 6.10 Å². The molecular weight excluding hydrogens is 220 g/mol. The first-order valence-corrected chi connectivity index (χ1v) is 7.00. The Morgan fingerprint density at radius 2 is 2.00 bits per heavy atom. The Hall–Kier alpha value is -1.08. The zero-order valence-electron chi connectivity index (χ0n) is 11.1. The fourth-order valence-corrected chi connectivity index (χ4v) is 4.85. The van der Waals surface area contributed by atoms with Crippen molar-refractivity contribution in [3.05, 3.63) is 41.5 Å². The molecule has 3 aliphatic carbocycles. The average Bonchev–Trinajstić information content (AvgIpc) is 3.09. The summed E-state index contributed by atoms with van der Waals surface area (Å²) in [5.74, 6) is 0. The van der Waals surface area contributed by atoms with Gasteiger partial charge in [0.2, 0.25) is 0 Å². The quantitative estimate of drug-likeness (QED) is 0.735. The number of hydrogen-bond donors (Lipinski definition) is 1. The smallest absolute Gasteiger partial charge is 0.0646 e. The van der Waals surface area contributed by atoms with Crippen molar-refractivity contribution in [1.82, 2.24) is 0 Å². The molecule has 0 amide bonds. The van der Waals surface area contributed by atoms with E-state index >= 15 is 0 Å². The molecule has 1 nitrogen and oxygen atoms in total. The molecule has 0 radical (unpaired) electrons. The Morgan fingerprint density at radius 3 is 2.83 bits per heavy atom. The lowest BCUT2D eigenvalue weighted by Gasteiger charge is -2.46. The molecule has 94 valence electrons. The van der Waals surface area contributed by atoms with Crippen LogP contribution in [0, 0.1) is 10.8 Å². The third-order valence-electron chi connectivity index (χ3n) is 6.04. The third-order valence-corrected chi connectivity index (χ3v) is 6.04. The summed E-state index contributed by atoms with van der Waals surface area (Å²) in [6.45, 7) is 4.75. The number of hydrogen-bond acceptors (Lipinski definition) is 1. The first kappa shape index (κ1) is 10.8. The SMILES string of the molecule is CC1(C)CC[C@H](O)[C@@]23C[C@@]12C=Cc1ccccc13. The number of aliphatic hydroxyl groups excluding tert-OH is 1. The number of aliphatic hydroxyl groups is 1. The molecule has 2 saturated carbocycles. The third kappa shape index (κ3) is 0.925. The van der Waals surface area contributed by atoms with Gasteiger partial charge in [-0.3, -0.25) is 0 Å². The van der Waals surface area contributed by atoms with Crippen molar-refractivity contribution in [3.8, 4) is 0 Å². The molecular formula is C17H20O. The van der Waals surface area contributed by atoms with Crippen LogP contribution < -0.4 is 0 Å². The molecule has 18 heavy (non-hydrogen) atoms. The molecule has 3 aliphatic rings. The minimum Gasteiger partial charge on any atom is -0.392 e. The summed E-state index contributed by atoms with van der Waals surface area (Å²) in [4.78, 5) is 0. The van der Waals surface area contributed by atoms with E-state index in [-0.39, 0.29) is 16.9 Å². The predicted octanol–water partition coefficient (Wildman–Crippen LogP) is 3.52. The number of fused-ring (bicyclic) bond motifs is 1. The van der Waals surface area contributed by atoms with Crippen molar-refractivity contribution in [1.29, 1.82) is 0 Å². The van der Waals surface area contributed by atoms with Crippen LogP contribution in [0.3, 0.4) is 0 Å². The monoisotopic (exact) mass is 240 g/mol. The fourth-order valence-electron chi connectivity index (χ4n) is 4.85. The first-order valence-electron chi connectivity index (χ1n) is 7.00. The van der Waals surface area contributed by atoms with Crippen molar-refractivity contribution < 1.29 is 5.11 Å². The van der Waals surface area contributed by atoms with Crippen molar-refractivity contribution in [2.24, 2.45) is 10.8 Å². The Bertz CT molecular complexity index is 556. The molecule has 0 saturated heterocycles. The van der Waals surface area contributed by atoms with Gasteiger partial charge in [0.1, 0.15) is 0 Å². The van der Waals surface area contributed by atoms with Crippen molar-refractivity contribution in [2.45, 2.75) is 44.6 Å². The van der Waals surface area contributed by atoms with Gasteiger partial charge < -0.3 is 5.11 Å². The van der Waals surface area contributed by atoms with Crippen LogP contribution in [-0.4, -0.2) is 11.2 Å². The summed E-state index contributed by atoms with van der Waals surface area (Å²) >= 11 is 0. The highest BCUT2D eigenvalue weighted by molar-refractivity contribution is 5.67. The summed E-state index contributed by atoms with van der Waals surface area (Å²) in [7, 11) is 0. The lowest BCUT2D eigenvalue weighted by atomic mass is 9.58. The van der Waals surface area contributed by atoms with Crippen LogP contribution in [0.4, 0.5) is 0 Å². The summed E-state index contributed by atoms with van der Waals surface area (Å²) in [6, 6.07) is 8.61. The average molecular weight is 240 g/mol. The van der Waals surface area contributed by atoms with E-state index in [1.165, 1.54) is 11.1 Å². The largest absolute Gasteiger partial charge is 0.392 e. The molecule has 0 bridgehead atoms. The van der Waals surface area contributed by atoms with E-state index in [4.69, 9.17) is 0 Å². The standard InChI is InChI=1S/C17H20O/c1-15(2)9-8-14(18)17-11-16(15,17)10-7-12-5-3-4-6-13(12)17/h3-7,10,14,18H,8-9,11H2,1-2H3/t14-,16-,17-/m0/s1. The van der Waals surface area contributed by atoms with Crippen molar-refractivity contribution >= 4 is 6.08 Å². The maximum Gasteiger partial charge on any atom is 0.0646 e. The lowest BCUT2D eigenvalue weighted by molar-refractivity contribution is 0.0220. The topological polar surface area (TPSA) is 20.2 Å². The molecule has 0 aliphatic heterocycles. The molecule has 3 atom stereocenters. The number of benzene rings is 1. The number of rotatable bonds is 0. The second-order valence-electron chi connectivity index (χ2n) is 6.98. The Labute approximate surface area is 109 Å². The minimum atomic E-state index is -0.170. The van der Waals surface area contributed by atoms with Gasteiger partial charge in [-0.25, -0.2) is 0 Å². The first-order chi connectivity index (χ1) is 8.54. The second kappa shape index (κ2) is 2.91. The molecule has 0 spiro atoms. The van der Waals surface area contributed by atoms with Crippen LogP contribution in [0.15, 0.2) is 30.3 Å². The second-order valence-corrected chi connectivity index (χ2v) is 6.98. The Morgan fingerprint density at radius 1 is 1.22 bits per heavy atom. The zero-order valence-corrected chi connectivity index (χ0v) is 11.1. The summed E-state index contributed by atoms with van der Waals surface area (Å²) in [5.41, 5.74) is 3.21. The number of allylic oxidation sites excluding steroid dienone is 1. The molecule has 1 N–H and O–H groups in total. The van der Waals surface area contributed by atoms with E-state index in [1.54, 1.807) is 0 Å². The van der Waals surface area contributed by atoms with E-state index < -0.39 is 0 Å². The normalized spacial score (nSPS) is 42.7. The van der Waals surface area contributed by atoms with Crippen LogP contribution in [0.5, 0.6) is 0 Å². The van der Waals surface area contributed by atoms with Gasteiger partial charge in [0.15, 0.2) is 0 Å². The highest BCUT2D eigenvalue weighted by Gasteiger charge is 2.77. The predicted molar refractivity (Wildman–Crippen MR) is 73.2 cm³/mol. The summed E-state index contributed by atoms with van der Waals surface area (Å²) in [6.07, 6.45) is 7.70. The molecule has 2 fully saturated rings. The van der Waals surface area contributed by atoms with Crippen LogP contribution in [0.2, 0.25) is 0 Å². The van der Waals surface area contributed by atoms with Crippen LogP contribution >= 0.6 is 0 Å². The maximum atomic E-state index is 10.6. The minimum absolute atomic E-state index is 0.0140. The molecule has 1 aromatic rings. The lowest BCUT2D eigenvalue weighted by Crippen LogP contribution is -2.45. The van der Waals surface area contributed by atoms with Gasteiger partial charge in [0.25, 0.3) is 0 Å². The Kier molecular flexibility index (Phi) is 1.74. The molecule has 1 heteroatoms. The summed E-state index contributed by atoms with van der Waals surface area (Å²) in [5, 5.41) is 10.6. The highest BCUT2D eigenvalue weighted by Crippen LogP contribution is 2.79. The van der Waals surface area contributed by atoms with E-state index in [0.717, 1.165) is 19.3 Å². The van der Waals surface area contributed by atoms with Gasteiger partial charge in [-0.2, -0.15) is 0 Å². The molecule has 0 aromatic heterocycles. The highest BCUT2D eigenvalue weighted by atomic mass is 16.3. The molecule has 0 unspecified atom stereocenters. The maximum absolute atomic E-state index is 10.6. The summed E-state index contributed by atoms with van der Waals surface area (Å²) < 4.78 is 0. The van der Waals surface area contributed by atoms with Gasteiger partial charge in [-0.15, -0.1) is 0 Å². The van der Waals surface area contributed by atoms with Crippen LogP contribution in [0.1, 0.15) is 44.2 Å². The van der Waals surface area contributed by atoms with Crippen LogP contribution in [0.25, 0.3) is 6.08 Å². The molecule has 1 aromatic carbocycles. The Balaban J connectivity index is 1.98. The van der Waals surface area contributed by atoms with Gasteiger partial charge >= 0.3 is 0 Å².